The van der Waals surface area contributed by atoms with Gasteiger partial charge in [-0.3, -0.25) is 10.1 Å². The lowest BCUT2D eigenvalue weighted by atomic mass is 10.3. The number of hydrogen-bond donors (Lipinski definition) is 3. The molecule has 0 saturated carbocycles. The molecule has 0 atom stereocenters. The van der Waals surface area contributed by atoms with E-state index in [1.807, 2.05) is 6.07 Å². The van der Waals surface area contributed by atoms with Gasteiger partial charge in [-0.05, 0) is 36.5 Å². The molecular weight excluding hydrogens is 359 g/mol. The summed E-state index contributed by atoms with van der Waals surface area (Å²) < 4.78 is 5.30. The van der Waals surface area contributed by atoms with Crippen molar-refractivity contribution in [3.63, 3.8) is 0 Å². The van der Waals surface area contributed by atoms with Gasteiger partial charge in [-0.25, -0.2) is 0 Å². The molecule has 0 aliphatic rings. The van der Waals surface area contributed by atoms with Crippen molar-refractivity contribution >= 4 is 52.1 Å². The lowest BCUT2D eigenvalue weighted by Gasteiger charge is -2.11. The normalized spacial score (nSPS) is 10.0. The SMILES string of the molecule is O=C(COc1ccccc1)NC(=S)Nc1cc(Cl)c(O)c(Cl)c1. The van der Waals surface area contributed by atoms with E-state index in [1.54, 1.807) is 24.3 Å². The Hall–Kier alpha value is -2.02. The molecule has 0 spiro atoms. The number of hydrogen-bond acceptors (Lipinski definition) is 4. The quantitative estimate of drug-likeness (QED) is 0.566. The number of thiocarbonyl (C=S) groups is 1. The second-order valence-electron chi connectivity index (χ2n) is 4.39. The molecule has 23 heavy (non-hydrogen) atoms. The topological polar surface area (TPSA) is 70.6 Å². The highest BCUT2D eigenvalue weighted by Gasteiger charge is 2.09. The molecule has 120 valence electrons. The van der Waals surface area contributed by atoms with E-state index in [9.17, 15) is 9.90 Å². The van der Waals surface area contributed by atoms with Gasteiger partial charge in [0.1, 0.15) is 5.75 Å². The molecule has 3 N–H and O–H groups in total. The summed E-state index contributed by atoms with van der Waals surface area (Å²) in [6.45, 7) is -0.178. The summed E-state index contributed by atoms with van der Waals surface area (Å²) in [5.41, 5.74) is 0.437. The van der Waals surface area contributed by atoms with Gasteiger partial charge in [-0.2, -0.15) is 0 Å². The standard InChI is InChI=1S/C15H12Cl2N2O3S/c16-11-6-9(7-12(17)14(11)21)18-15(23)19-13(20)8-22-10-4-2-1-3-5-10/h1-7,21H,8H2,(H2,18,19,20,23). The summed E-state index contributed by atoms with van der Waals surface area (Å²) in [7, 11) is 0. The Balaban J connectivity index is 1.86. The van der Waals surface area contributed by atoms with Crippen LogP contribution in [-0.2, 0) is 4.79 Å². The van der Waals surface area contributed by atoms with Crippen molar-refractivity contribution in [3.05, 3.63) is 52.5 Å². The first-order chi connectivity index (χ1) is 11.0. The predicted molar refractivity (Wildman–Crippen MR) is 94.4 cm³/mol. The molecule has 5 nitrogen and oxygen atoms in total. The fourth-order valence-electron chi connectivity index (χ4n) is 1.63. The molecule has 0 heterocycles. The van der Waals surface area contributed by atoms with Crippen molar-refractivity contribution < 1.29 is 14.6 Å². The number of ether oxygens (including phenoxy) is 1. The number of amides is 1. The molecule has 2 rings (SSSR count). The van der Waals surface area contributed by atoms with Crippen LogP contribution in [0.1, 0.15) is 0 Å². The van der Waals surface area contributed by atoms with Crippen LogP contribution in [0.15, 0.2) is 42.5 Å². The van der Waals surface area contributed by atoms with Crippen LogP contribution < -0.4 is 15.4 Å². The number of halogens is 2. The van der Waals surface area contributed by atoms with Crippen LogP contribution in [0.4, 0.5) is 5.69 Å². The Bertz CT molecular complexity index is 703. The maximum absolute atomic E-state index is 11.7. The second kappa shape index (κ2) is 8.01. The number of phenolic OH excluding ortho intramolecular Hbond substituents is 1. The van der Waals surface area contributed by atoms with Gasteiger partial charge in [-0.15, -0.1) is 0 Å². The van der Waals surface area contributed by atoms with Crippen molar-refractivity contribution in [2.75, 3.05) is 11.9 Å². The first-order valence-electron chi connectivity index (χ1n) is 6.42. The van der Waals surface area contributed by atoms with Gasteiger partial charge in [0.15, 0.2) is 17.5 Å². The van der Waals surface area contributed by atoms with Crippen LogP contribution in [0.3, 0.4) is 0 Å². The third-order valence-electron chi connectivity index (χ3n) is 2.64. The minimum Gasteiger partial charge on any atom is -0.505 e. The number of anilines is 1. The van der Waals surface area contributed by atoms with Crippen LogP contribution in [-0.4, -0.2) is 22.7 Å². The van der Waals surface area contributed by atoms with Gasteiger partial charge in [0.25, 0.3) is 5.91 Å². The molecule has 0 fully saturated rings. The van der Waals surface area contributed by atoms with E-state index in [-0.39, 0.29) is 27.5 Å². The predicted octanol–water partition coefficient (Wildman–Crippen LogP) is 3.59. The van der Waals surface area contributed by atoms with Crippen LogP contribution in [0, 0.1) is 0 Å². The number of carbonyl (C=O) groups excluding carboxylic acids is 1. The Labute approximate surface area is 148 Å². The van der Waals surface area contributed by atoms with Crippen molar-refractivity contribution in [2.24, 2.45) is 0 Å². The third kappa shape index (κ3) is 5.28. The van der Waals surface area contributed by atoms with Crippen LogP contribution >= 0.6 is 35.4 Å². The number of aromatic hydroxyl groups is 1. The second-order valence-corrected chi connectivity index (χ2v) is 5.62. The van der Waals surface area contributed by atoms with E-state index in [2.05, 4.69) is 10.6 Å². The minimum atomic E-state index is -0.415. The zero-order valence-corrected chi connectivity index (χ0v) is 14.0. The Kier molecular flexibility index (Phi) is 6.04. The van der Waals surface area contributed by atoms with Crippen molar-refractivity contribution in [1.29, 1.82) is 0 Å². The van der Waals surface area contributed by atoms with E-state index in [4.69, 9.17) is 40.2 Å². The lowest BCUT2D eigenvalue weighted by Crippen LogP contribution is -2.37. The molecular formula is C15H12Cl2N2O3S. The van der Waals surface area contributed by atoms with E-state index in [0.29, 0.717) is 11.4 Å². The highest BCUT2D eigenvalue weighted by molar-refractivity contribution is 7.80. The fourth-order valence-corrected chi connectivity index (χ4v) is 2.35. The highest BCUT2D eigenvalue weighted by atomic mass is 35.5. The maximum Gasteiger partial charge on any atom is 0.264 e. The van der Waals surface area contributed by atoms with Gasteiger partial charge in [0.05, 0.1) is 10.0 Å². The third-order valence-corrected chi connectivity index (χ3v) is 3.42. The zero-order chi connectivity index (χ0) is 16.8. The summed E-state index contributed by atoms with van der Waals surface area (Å²) in [4.78, 5) is 11.7. The molecule has 0 bridgehead atoms. The molecule has 0 unspecified atom stereocenters. The van der Waals surface area contributed by atoms with Crippen LogP contribution in [0.5, 0.6) is 11.5 Å². The number of carbonyl (C=O) groups is 1. The number of para-hydroxylation sites is 1. The summed E-state index contributed by atoms with van der Waals surface area (Å²) in [6, 6.07) is 11.8. The molecule has 0 aliphatic heterocycles. The van der Waals surface area contributed by atoms with E-state index < -0.39 is 5.91 Å². The smallest absolute Gasteiger partial charge is 0.264 e. The molecule has 2 aromatic carbocycles. The maximum atomic E-state index is 11.7. The summed E-state index contributed by atoms with van der Waals surface area (Å²) in [5.74, 6) is -0.0500. The van der Waals surface area contributed by atoms with Gasteiger partial charge < -0.3 is 15.2 Å². The number of benzene rings is 2. The number of phenols is 1. The van der Waals surface area contributed by atoms with Gasteiger partial charge in [-0.1, -0.05) is 41.4 Å². The van der Waals surface area contributed by atoms with E-state index in [1.165, 1.54) is 12.1 Å². The molecule has 0 aromatic heterocycles. The Morgan fingerprint density at radius 2 is 1.78 bits per heavy atom. The average Bonchev–Trinajstić information content (AvgIpc) is 2.51. The van der Waals surface area contributed by atoms with E-state index in [0.717, 1.165) is 0 Å². The van der Waals surface area contributed by atoms with Gasteiger partial charge >= 0.3 is 0 Å². The van der Waals surface area contributed by atoms with Gasteiger partial charge in [0.2, 0.25) is 0 Å². The largest absolute Gasteiger partial charge is 0.505 e. The number of nitrogens with one attached hydrogen (secondary N) is 2. The molecule has 2 aromatic rings. The first kappa shape index (κ1) is 17.3. The minimum absolute atomic E-state index is 0.0597. The number of rotatable bonds is 4. The summed E-state index contributed by atoms with van der Waals surface area (Å²) >= 11 is 16.6. The summed E-state index contributed by atoms with van der Waals surface area (Å²) in [6.07, 6.45) is 0. The monoisotopic (exact) mass is 370 g/mol. The first-order valence-corrected chi connectivity index (χ1v) is 7.59. The van der Waals surface area contributed by atoms with E-state index >= 15 is 0 Å². The molecule has 0 aliphatic carbocycles. The van der Waals surface area contributed by atoms with Crippen molar-refractivity contribution in [1.82, 2.24) is 5.32 Å². The summed E-state index contributed by atoms with van der Waals surface area (Å²) in [5, 5.41) is 14.9. The molecule has 1 amide bonds. The van der Waals surface area contributed by atoms with Gasteiger partial charge in [0, 0.05) is 5.69 Å². The Morgan fingerprint density at radius 1 is 1.17 bits per heavy atom. The fraction of sp³-hybridized carbons (Fsp3) is 0.0667. The molecule has 8 heteroatoms. The molecule has 0 saturated heterocycles. The van der Waals surface area contributed by atoms with Crippen LogP contribution in [0.25, 0.3) is 0 Å². The van der Waals surface area contributed by atoms with Crippen molar-refractivity contribution in [3.8, 4) is 11.5 Å². The lowest BCUT2D eigenvalue weighted by molar-refractivity contribution is -0.121. The zero-order valence-electron chi connectivity index (χ0n) is 11.7. The highest BCUT2D eigenvalue weighted by Crippen LogP contribution is 2.34. The average molecular weight is 371 g/mol. The van der Waals surface area contributed by atoms with Crippen LogP contribution in [0.2, 0.25) is 10.0 Å². The van der Waals surface area contributed by atoms with Crippen molar-refractivity contribution in [2.45, 2.75) is 0 Å². The molecule has 0 radical (unpaired) electrons. The Morgan fingerprint density at radius 3 is 2.39 bits per heavy atom.